The van der Waals surface area contributed by atoms with Gasteiger partial charge in [0.2, 0.25) is 5.91 Å². The normalized spacial score (nSPS) is 10.2. The van der Waals surface area contributed by atoms with Crippen molar-refractivity contribution >= 4 is 17.7 Å². The first-order valence-electron chi connectivity index (χ1n) is 6.26. The molecule has 0 spiro atoms. The molecule has 0 bridgehead atoms. The average Bonchev–Trinajstić information content (AvgIpc) is 2.37. The van der Waals surface area contributed by atoms with Gasteiger partial charge in [-0.15, -0.1) is 11.8 Å². The lowest BCUT2D eigenvalue weighted by atomic mass is 10.2. The molecule has 1 N–H and O–H groups in total. The molecule has 4 heteroatoms. The van der Waals surface area contributed by atoms with Crippen molar-refractivity contribution in [3.63, 3.8) is 0 Å². The van der Waals surface area contributed by atoms with Gasteiger partial charge in [-0.2, -0.15) is 0 Å². The summed E-state index contributed by atoms with van der Waals surface area (Å²) < 4.78 is 5.30. The molecule has 0 unspecified atom stereocenters. The van der Waals surface area contributed by atoms with Crippen LogP contribution >= 0.6 is 11.8 Å². The topological polar surface area (TPSA) is 38.3 Å². The van der Waals surface area contributed by atoms with Gasteiger partial charge in [-0.3, -0.25) is 4.79 Å². The Balaban J connectivity index is 2.11. The molecular weight excluding hydrogens is 258 g/mol. The van der Waals surface area contributed by atoms with Crippen molar-refractivity contribution in [2.45, 2.75) is 18.7 Å². The van der Waals surface area contributed by atoms with E-state index in [4.69, 9.17) is 4.74 Å². The zero-order valence-corrected chi connectivity index (χ0v) is 12.4. The highest BCUT2D eigenvalue weighted by atomic mass is 32.2. The molecular formula is C15H21NO2S. The highest BCUT2D eigenvalue weighted by Gasteiger charge is 2.02. The number of hydrogen-bond donors (Lipinski definition) is 1. The minimum absolute atomic E-state index is 0.0319. The van der Waals surface area contributed by atoms with Crippen molar-refractivity contribution < 1.29 is 9.53 Å². The maximum Gasteiger partial charge on any atom is 0.230 e. The largest absolute Gasteiger partial charge is 0.375 e. The van der Waals surface area contributed by atoms with Crippen LogP contribution < -0.4 is 5.32 Å². The van der Waals surface area contributed by atoms with E-state index in [1.807, 2.05) is 38.1 Å². The molecule has 0 aromatic heterocycles. The van der Waals surface area contributed by atoms with Crippen molar-refractivity contribution in [1.82, 2.24) is 5.32 Å². The second-order valence-electron chi connectivity index (χ2n) is 4.46. The number of benzene rings is 1. The summed E-state index contributed by atoms with van der Waals surface area (Å²) in [5.74, 6) is 0.466. The Bertz CT molecular complexity index is 415. The summed E-state index contributed by atoms with van der Waals surface area (Å²) >= 11 is 1.54. The van der Waals surface area contributed by atoms with Crippen LogP contribution in [0.3, 0.4) is 0 Å². The third-order valence-corrected chi connectivity index (χ3v) is 3.32. The summed E-state index contributed by atoms with van der Waals surface area (Å²) in [6.07, 6.45) is 0. The van der Waals surface area contributed by atoms with Crippen LogP contribution in [0.15, 0.2) is 41.3 Å². The fourth-order valence-electron chi connectivity index (χ4n) is 1.34. The van der Waals surface area contributed by atoms with Crippen LogP contribution in [-0.2, 0) is 9.53 Å². The third-order valence-electron chi connectivity index (χ3n) is 2.31. The lowest BCUT2D eigenvalue weighted by Gasteiger charge is -2.06. The third kappa shape index (κ3) is 7.70. The zero-order valence-electron chi connectivity index (χ0n) is 11.6. The summed E-state index contributed by atoms with van der Waals surface area (Å²) in [5.41, 5.74) is 2.21. The SMILES string of the molecule is C=C(C)COCCNC(=O)CSc1ccc(C)cc1. The molecule has 0 saturated heterocycles. The first-order valence-corrected chi connectivity index (χ1v) is 7.25. The molecule has 0 aliphatic rings. The van der Waals surface area contributed by atoms with Crippen LogP contribution in [0.4, 0.5) is 0 Å². The van der Waals surface area contributed by atoms with Crippen LogP contribution in [0.2, 0.25) is 0 Å². The van der Waals surface area contributed by atoms with Crippen LogP contribution in [0.5, 0.6) is 0 Å². The number of hydrogen-bond acceptors (Lipinski definition) is 3. The Hall–Kier alpha value is -1.26. The maximum atomic E-state index is 11.6. The van der Waals surface area contributed by atoms with Crippen molar-refractivity contribution in [3.8, 4) is 0 Å². The van der Waals surface area contributed by atoms with Gasteiger partial charge in [-0.1, -0.05) is 29.8 Å². The average molecular weight is 279 g/mol. The fourth-order valence-corrected chi connectivity index (χ4v) is 2.07. The summed E-state index contributed by atoms with van der Waals surface area (Å²) in [4.78, 5) is 12.7. The fraction of sp³-hybridized carbons (Fsp3) is 0.400. The summed E-state index contributed by atoms with van der Waals surface area (Å²) in [6, 6.07) is 8.16. The first-order chi connectivity index (χ1) is 9.08. The maximum absolute atomic E-state index is 11.6. The van der Waals surface area contributed by atoms with Crippen molar-refractivity contribution in [2.75, 3.05) is 25.5 Å². The summed E-state index contributed by atoms with van der Waals surface area (Å²) in [7, 11) is 0. The van der Waals surface area contributed by atoms with E-state index in [1.54, 1.807) is 0 Å². The second-order valence-corrected chi connectivity index (χ2v) is 5.51. The summed E-state index contributed by atoms with van der Waals surface area (Å²) in [5, 5.41) is 2.82. The smallest absolute Gasteiger partial charge is 0.230 e. The van der Waals surface area contributed by atoms with Gasteiger partial charge in [0.25, 0.3) is 0 Å². The minimum Gasteiger partial charge on any atom is -0.375 e. The number of aryl methyl sites for hydroxylation is 1. The van der Waals surface area contributed by atoms with Crippen LogP contribution in [0.25, 0.3) is 0 Å². The van der Waals surface area contributed by atoms with Crippen LogP contribution in [0.1, 0.15) is 12.5 Å². The molecule has 19 heavy (non-hydrogen) atoms. The molecule has 0 heterocycles. The minimum atomic E-state index is 0.0319. The van der Waals surface area contributed by atoms with Gasteiger partial charge in [0.1, 0.15) is 0 Å². The highest BCUT2D eigenvalue weighted by Crippen LogP contribution is 2.17. The van der Waals surface area contributed by atoms with E-state index in [0.29, 0.717) is 25.5 Å². The highest BCUT2D eigenvalue weighted by molar-refractivity contribution is 8.00. The molecule has 104 valence electrons. The van der Waals surface area contributed by atoms with E-state index in [-0.39, 0.29) is 5.91 Å². The number of ether oxygens (including phenoxy) is 1. The van der Waals surface area contributed by atoms with Crippen LogP contribution in [-0.4, -0.2) is 31.4 Å². The van der Waals surface area contributed by atoms with E-state index < -0.39 is 0 Å². The van der Waals surface area contributed by atoms with E-state index in [2.05, 4.69) is 11.9 Å². The molecule has 1 rings (SSSR count). The number of carbonyl (C=O) groups excluding carboxylic acids is 1. The Morgan fingerprint density at radius 1 is 1.37 bits per heavy atom. The Morgan fingerprint density at radius 2 is 2.05 bits per heavy atom. The van der Waals surface area contributed by atoms with Gasteiger partial charge in [0.05, 0.1) is 19.0 Å². The Kier molecular flexibility index (Phi) is 7.30. The molecule has 0 aliphatic heterocycles. The molecule has 3 nitrogen and oxygen atoms in total. The van der Waals surface area contributed by atoms with E-state index >= 15 is 0 Å². The van der Waals surface area contributed by atoms with E-state index in [9.17, 15) is 4.79 Å². The van der Waals surface area contributed by atoms with Gasteiger partial charge in [0.15, 0.2) is 0 Å². The number of thioether (sulfide) groups is 1. The van der Waals surface area contributed by atoms with E-state index in [0.717, 1.165) is 10.5 Å². The molecule has 1 amide bonds. The quantitative estimate of drug-likeness (QED) is 0.452. The molecule has 0 atom stereocenters. The molecule has 0 fully saturated rings. The first kappa shape index (κ1) is 15.8. The summed E-state index contributed by atoms with van der Waals surface area (Å²) in [6.45, 7) is 9.32. The molecule has 0 saturated carbocycles. The van der Waals surface area contributed by atoms with Crippen molar-refractivity contribution in [3.05, 3.63) is 42.0 Å². The van der Waals surface area contributed by atoms with Gasteiger partial charge in [-0.25, -0.2) is 0 Å². The standard InChI is InChI=1S/C15H21NO2S/c1-12(2)10-18-9-8-16-15(17)11-19-14-6-4-13(3)5-7-14/h4-7H,1,8-11H2,2-3H3,(H,16,17). The lowest BCUT2D eigenvalue weighted by molar-refractivity contribution is -0.118. The molecule has 0 radical (unpaired) electrons. The monoisotopic (exact) mass is 279 g/mol. The Labute approximate surface area is 119 Å². The molecule has 1 aromatic carbocycles. The van der Waals surface area contributed by atoms with Gasteiger partial charge >= 0.3 is 0 Å². The zero-order chi connectivity index (χ0) is 14.1. The number of nitrogens with one attached hydrogen (secondary N) is 1. The molecule has 1 aromatic rings. The van der Waals surface area contributed by atoms with E-state index in [1.165, 1.54) is 17.3 Å². The van der Waals surface area contributed by atoms with Gasteiger partial charge in [-0.05, 0) is 26.0 Å². The number of rotatable bonds is 8. The predicted octanol–water partition coefficient (Wildman–Crippen LogP) is 2.80. The number of amides is 1. The molecule has 0 aliphatic carbocycles. The van der Waals surface area contributed by atoms with Crippen LogP contribution in [0, 0.1) is 6.92 Å². The second kappa shape index (κ2) is 8.77. The van der Waals surface area contributed by atoms with Crippen molar-refractivity contribution in [2.24, 2.45) is 0 Å². The lowest BCUT2D eigenvalue weighted by Crippen LogP contribution is -2.28. The predicted molar refractivity (Wildman–Crippen MR) is 80.5 cm³/mol. The number of carbonyl (C=O) groups is 1. The van der Waals surface area contributed by atoms with Gasteiger partial charge in [0, 0.05) is 11.4 Å². The van der Waals surface area contributed by atoms with Gasteiger partial charge < -0.3 is 10.1 Å². The Morgan fingerprint density at radius 3 is 2.68 bits per heavy atom. The van der Waals surface area contributed by atoms with Crippen molar-refractivity contribution in [1.29, 1.82) is 0 Å².